The topological polar surface area (TPSA) is 29.1 Å². The largest absolute Gasteiger partial charge is 0.314 e. The zero-order chi connectivity index (χ0) is 12.1. The van der Waals surface area contributed by atoms with Crippen LogP contribution in [0.1, 0.15) is 53.6 Å². The van der Waals surface area contributed by atoms with Crippen molar-refractivity contribution in [1.82, 2.24) is 5.32 Å². The summed E-state index contributed by atoms with van der Waals surface area (Å²) >= 11 is 1.66. The Morgan fingerprint density at radius 3 is 3.06 bits per heavy atom. The molecule has 0 aromatic carbocycles. The third kappa shape index (κ3) is 3.65. The maximum absolute atomic E-state index is 12.1. The normalized spacial score (nSPS) is 21.1. The van der Waals surface area contributed by atoms with E-state index in [1.54, 1.807) is 11.3 Å². The van der Waals surface area contributed by atoms with E-state index in [9.17, 15) is 4.79 Å². The van der Waals surface area contributed by atoms with Gasteiger partial charge in [-0.15, -0.1) is 11.3 Å². The first-order valence-corrected chi connectivity index (χ1v) is 7.46. The van der Waals surface area contributed by atoms with Crippen molar-refractivity contribution in [1.29, 1.82) is 0 Å². The SMILES string of the molecule is CCc1ccc(C(=O)CC2CCCCCN2)s1. The van der Waals surface area contributed by atoms with Crippen molar-refractivity contribution in [2.45, 2.75) is 51.5 Å². The van der Waals surface area contributed by atoms with Gasteiger partial charge in [-0.05, 0) is 37.9 Å². The summed E-state index contributed by atoms with van der Waals surface area (Å²) in [5.74, 6) is 0.314. The van der Waals surface area contributed by atoms with Crippen molar-refractivity contribution in [3.8, 4) is 0 Å². The second kappa shape index (κ2) is 6.31. The van der Waals surface area contributed by atoms with Gasteiger partial charge in [0.05, 0.1) is 4.88 Å². The Balaban J connectivity index is 1.91. The Labute approximate surface area is 107 Å². The summed E-state index contributed by atoms with van der Waals surface area (Å²) < 4.78 is 0. The molecule has 2 nitrogen and oxygen atoms in total. The first-order chi connectivity index (χ1) is 8.29. The molecule has 0 aliphatic carbocycles. The fourth-order valence-corrected chi connectivity index (χ4v) is 3.21. The van der Waals surface area contributed by atoms with Crippen LogP contribution >= 0.6 is 11.3 Å². The molecule has 1 aliphatic heterocycles. The van der Waals surface area contributed by atoms with E-state index in [4.69, 9.17) is 0 Å². The Kier molecular flexibility index (Phi) is 4.75. The summed E-state index contributed by atoms with van der Waals surface area (Å²) in [5.41, 5.74) is 0. The van der Waals surface area contributed by atoms with Gasteiger partial charge in [0.2, 0.25) is 0 Å². The minimum absolute atomic E-state index is 0.314. The molecule has 1 N–H and O–H groups in total. The molecule has 2 rings (SSSR count). The number of Topliss-reactive ketones (excluding diaryl/α,β-unsaturated/α-hetero) is 1. The van der Waals surface area contributed by atoms with Gasteiger partial charge in [-0.2, -0.15) is 0 Å². The Morgan fingerprint density at radius 2 is 2.29 bits per heavy atom. The highest BCUT2D eigenvalue weighted by Crippen LogP contribution is 2.20. The third-order valence-corrected chi connectivity index (χ3v) is 4.65. The van der Waals surface area contributed by atoms with Gasteiger partial charge >= 0.3 is 0 Å². The average Bonchev–Trinajstić information content (AvgIpc) is 2.68. The van der Waals surface area contributed by atoms with Crippen LogP contribution in [0.15, 0.2) is 12.1 Å². The molecule has 1 unspecified atom stereocenters. The van der Waals surface area contributed by atoms with Crippen LogP contribution < -0.4 is 5.32 Å². The molecule has 1 fully saturated rings. The van der Waals surface area contributed by atoms with E-state index in [2.05, 4.69) is 18.3 Å². The lowest BCUT2D eigenvalue weighted by atomic mass is 10.0. The van der Waals surface area contributed by atoms with Gasteiger partial charge in [0.25, 0.3) is 0 Å². The quantitative estimate of drug-likeness (QED) is 0.831. The molecule has 1 atom stereocenters. The summed E-state index contributed by atoms with van der Waals surface area (Å²) in [7, 11) is 0. The van der Waals surface area contributed by atoms with E-state index in [1.807, 2.05) is 6.07 Å². The Morgan fingerprint density at radius 1 is 1.41 bits per heavy atom. The molecule has 2 heterocycles. The Bertz CT molecular complexity index is 364. The Hall–Kier alpha value is -0.670. The number of carbonyl (C=O) groups excluding carboxylic acids is 1. The molecule has 1 aliphatic rings. The molecule has 17 heavy (non-hydrogen) atoms. The molecule has 1 saturated heterocycles. The van der Waals surface area contributed by atoms with Gasteiger partial charge in [0.15, 0.2) is 5.78 Å². The lowest BCUT2D eigenvalue weighted by Crippen LogP contribution is -2.30. The van der Waals surface area contributed by atoms with Crippen LogP contribution in [0.5, 0.6) is 0 Å². The van der Waals surface area contributed by atoms with E-state index in [0.29, 0.717) is 18.2 Å². The van der Waals surface area contributed by atoms with E-state index in [-0.39, 0.29) is 0 Å². The third-order valence-electron chi connectivity index (χ3n) is 3.38. The summed E-state index contributed by atoms with van der Waals surface area (Å²) in [6, 6.07) is 4.47. The van der Waals surface area contributed by atoms with Crippen LogP contribution in [0.3, 0.4) is 0 Å². The van der Waals surface area contributed by atoms with Gasteiger partial charge < -0.3 is 5.32 Å². The van der Waals surface area contributed by atoms with Crippen molar-refractivity contribution in [2.24, 2.45) is 0 Å². The fraction of sp³-hybridized carbons (Fsp3) is 0.643. The van der Waals surface area contributed by atoms with Crippen molar-refractivity contribution in [2.75, 3.05) is 6.54 Å². The summed E-state index contributed by atoms with van der Waals surface area (Å²) in [4.78, 5) is 14.4. The van der Waals surface area contributed by atoms with Crippen LogP contribution in [0.25, 0.3) is 0 Å². The second-order valence-electron chi connectivity index (χ2n) is 4.75. The predicted octanol–water partition coefficient (Wildman–Crippen LogP) is 3.42. The number of carbonyl (C=O) groups is 1. The van der Waals surface area contributed by atoms with E-state index < -0.39 is 0 Å². The van der Waals surface area contributed by atoms with E-state index in [0.717, 1.165) is 24.3 Å². The van der Waals surface area contributed by atoms with Gasteiger partial charge in [-0.1, -0.05) is 19.8 Å². The second-order valence-corrected chi connectivity index (χ2v) is 5.92. The number of ketones is 1. The minimum Gasteiger partial charge on any atom is -0.314 e. The van der Waals surface area contributed by atoms with Crippen LogP contribution in [-0.2, 0) is 6.42 Å². The number of hydrogen-bond acceptors (Lipinski definition) is 3. The predicted molar refractivity (Wildman–Crippen MR) is 72.9 cm³/mol. The summed E-state index contributed by atoms with van der Waals surface area (Å²) in [5, 5.41) is 3.49. The number of rotatable bonds is 4. The van der Waals surface area contributed by atoms with E-state index >= 15 is 0 Å². The van der Waals surface area contributed by atoms with Crippen molar-refractivity contribution < 1.29 is 4.79 Å². The molecular formula is C14H21NOS. The van der Waals surface area contributed by atoms with Gasteiger partial charge in [-0.25, -0.2) is 0 Å². The van der Waals surface area contributed by atoms with Crippen LogP contribution in [0.2, 0.25) is 0 Å². The number of aryl methyl sites for hydroxylation is 1. The fourth-order valence-electron chi connectivity index (χ4n) is 2.32. The molecule has 1 aromatic rings. The van der Waals surface area contributed by atoms with Crippen LogP contribution in [0.4, 0.5) is 0 Å². The number of thiophene rings is 1. The van der Waals surface area contributed by atoms with Gasteiger partial charge in [0.1, 0.15) is 0 Å². The maximum Gasteiger partial charge on any atom is 0.174 e. The highest BCUT2D eigenvalue weighted by atomic mass is 32.1. The maximum atomic E-state index is 12.1. The number of nitrogens with one attached hydrogen (secondary N) is 1. The van der Waals surface area contributed by atoms with Crippen LogP contribution in [0, 0.1) is 0 Å². The lowest BCUT2D eigenvalue weighted by molar-refractivity contribution is 0.0972. The standard InChI is InChI=1S/C14H21NOS/c1-2-12-7-8-14(17-12)13(16)10-11-6-4-3-5-9-15-11/h7-8,11,15H,2-6,9-10H2,1H3. The van der Waals surface area contributed by atoms with E-state index in [1.165, 1.54) is 24.1 Å². The molecule has 0 saturated carbocycles. The van der Waals surface area contributed by atoms with Crippen molar-refractivity contribution in [3.05, 3.63) is 21.9 Å². The van der Waals surface area contributed by atoms with Crippen molar-refractivity contribution >= 4 is 17.1 Å². The molecule has 0 radical (unpaired) electrons. The first-order valence-electron chi connectivity index (χ1n) is 6.65. The lowest BCUT2D eigenvalue weighted by Gasteiger charge is -2.13. The van der Waals surface area contributed by atoms with Crippen LogP contribution in [-0.4, -0.2) is 18.4 Å². The summed E-state index contributed by atoms with van der Waals surface area (Å²) in [6.45, 7) is 3.20. The molecular weight excluding hydrogens is 230 g/mol. The van der Waals surface area contributed by atoms with Gasteiger partial charge in [0, 0.05) is 17.3 Å². The first kappa shape index (κ1) is 12.8. The molecule has 1 aromatic heterocycles. The highest BCUT2D eigenvalue weighted by molar-refractivity contribution is 7.14. The number of hydrogen-bond donors (Lipinski definition) is 1. The molecule has 94 valence electrons. The molecule has 0 spiro atoms. The molecule has 0 amide bonds. The monoisotopic (exact) mass is 251 g/mol. The smallest absolute Gasteiger partial charge is 0.174 e. The summed E-state index contributed by atoms with van der Waals surface area (Å²) in [6.07, 6.45) is 6.66. The molecule has 0 bridgehead atoms. The average molecular weight is 251 g/mol. The zero-order valence-corrected chi connectivity index (χ0v) is 11.3. The zero-order valence-electron chi connectivity index (χ0n) is 10.5. The highest BCUT2D eigenvalue weighted by Gasteiger charge is 2.17. The minimum atomic E-state index is 0.314. The molecule has 3 heteroatoms. The van der Waals surface area contributed by atoms with Crippen molar-refractivity contribution in [3.63, 3.8) is 0 Å². The van der Waals surface area contributed by atoms with Gasteiger partial charge in [-0.3, -0.25) is 4.79 Å².